The van der Waals surface area contributed by atoms with Crippen LogP contribution in [0.4, 0.5) is 4.79 Å². The number of hydrogen-bond donors (Lipinski definition) is 0. The molecule has 0 bridgehead atoms. The number of benzene rings is 2. The number of carbonyl (C=O) groups is 2. The molecule has 1 amide bonds. The number of rotatable bonds is 15. The van der Waals surface area contributed by atoms with Gasteiger partial charge < -0.3 is 23.7 Å². The molecule has 11 nitrogen and oxygen atoms in total. The molecule has 0 spiro atoms. The SMILES string of the molecule is CCOC(=O)CCCCCO[C@@H]1C(COS(=O)(=O)c2ccc(C)cc2)O[C@H](OC)C2[C@H]1OC(=O)N2Cc1ccccc1. The fraction of sp³-hybridized carbons (Fsp3) is 0.533. The predicted molar refractivity (Wildman–Crippen MR) is 151 cm³/mol. The molecule has 230 valence electrons. The van der Waals surface area contributed by atoms with E-state index in [4.69, 9.17) is 27.9 Å². The summed E-state index contributed by atoms with van der Waals surface area (Å²) < 4.78 is 60.1. The van der Waals surface area contributed by atoms with Crippen LogP contribution in [-0.2, 0) is 49.3 Å². The van der Waals surface area contributed by atoms with Crippen molar-refractivity contribution < 1.29 is 45.9 Å². The number of ether oxygens (including phenoxy) is 5. The van der Waals surface area contributed by atoms with Crippen LogP contribution in [-0.4, -0.2) is 83.0 Å². The predicted octanol–water partition coefficient (Wildman–Crippen LogP) is 3.97. The standard InChI is InChI=1S/C30H39NO10S/c1-4-37-25(32)13-9-6-10-18-38-27-24(20-39-42(34,35)23-16-14-21(2)15-17-23)40-29(36-3)26-28(27)41-30(33)31(26)19-22-11-7-5-8-12-22/h5,7-8,11-12,14-17,24,26-29H,4,6,9-10,13,18-20H2,1-3H3/t24?,26?,27-,28-,29+/m1/s1. The lowest BCUT2D eigenvalue weighted by Crippen LogP contribution is -2.61. The third-order valence-electron chi connectivity index (χ3n) is 7.21. The van der Waals surface area contributed by atoms with Crippen molar-refractivity contribution in [1.82, 2.24) is 4.90 Å². The van der Waals surface area contributed by atoms with E-state index in [9.17, 15) is 18.0 Å². The lowest BCUT2D eigenvalue weighted by Gasteiger charge is -2.43. The molecule has 2 fully saturated rings. The van der Waals surface area contributed by atoms with E-state index in [-0.39, 0.29) is 30.6 Å². The number of esters is 1. The Kier molecular flexibility index (Phi) is 11.3. The minimum atomic E-state index is -4.09. The molecule has 2 unspecified atom stereocenters. The lowest BCUT2D eigenvalue weighted by atomic mass is 9.96. The number of hydrogen-bond acceptors (Lipinski definition) is 10. The van der Waals surface area contributed by atoms with E-state index in [2.05, 4.69) is 0 Å². The van der Waals surface area contributed by atoms with Gasteiger partial charge in [-0.25, -0.2) is 4.79 Å². The minimum absolute atomic E-state index is 0.0190. The molecule has 2 aliphatic heterocycles. The highest BCUT2D eigenvalue weighted by Crippen LogP contribution is 2.36. The second kappa shape index (κ2) is 14.9. The van der Waals surface area contributed by atoms with E-state index in [1.807, 2.05) is 37.3 Å². The molecule has 42 heavy (non-hydrogen) atoms. The van der Waals surface area contributed by atoms with E-state index in [0.717, 1.165) is 11.1 Å². The van der Waals surface area contributed by atoms with Gasteiger partial charge in [0.05, 0.1) is 18.1 Å². The number of methoxy groups -OCH3 is 1. The third kappa shape index (κ3) is 8.07. The number of nitrogens with zero attached hydrogens (tertiary/aromatic N) is 1. The van der Waals surface area contributed by atoms with Gasteiger partial charge in [0.1, 0.15) is 18.2 Å². The first kappa shape index (κ1) is 31.9. The smallest absolute Gasteiger partial charge is 0.411 e. The van der Waals surface area contributed by atoms with E-state index in [0.29, 0.717) is 32.3 Å². The van der Waals surface area contributed by atoms with Crippen molar-refractivity contribution >= 4 is 22.2 Å². The van der Waals surface area contributed by atoms with Crippen molar-refractivity contribution in [2.45, 2.75) is 81.6 Å². The van der Waals surface area contributed by atoms with Crippen LogP contribution in [0.25, 0.3) is 0 Å². The molecule has 2 aliphatic rings. The lowest BCUT2D eigenvalue weighted by molar-refractivity contribution is -0.266. The summed E-state index contributed by atoms with van der Waals surface area (Å²) in [6, 6.07) is 15.2. The maximum atomic E-state index is 13.1. The first-order chi connectivity index (χ1) is 20.2. The summed E-state index contributed by atoms with van der Waals surface area (Å²) in [6.45, 7) is 4.14. The van der Waals surface area contributed by atoms with Crippen molar-refractivity contribution in [2.75, 3.05) is 26.9 Å². The van der Waals surface area contributed by atoms with Gasteiger partial charge in [0.2, 0.25) is 0 Å². The Morgan fingerprint density at radius 2 is 1.76 bits per heavy atom. The highest BCUT2D eigenvalue weighted by molar-refractivity contribution is 7.86. The molecule has 2 saturated heterocycles. The fourth-order valence-electron chi connectivity index (χ4n) is 5.07. The van der Waals surface area contributed by atoms with Crippen LogP contribution in [0.5, 0.6) is 0 Å². The Morgan fingerprint density at radius 3 is 2.45 bits per heavy atom. The summed E-state index contributed by atoms with van der Waals surface area (Å²) in [5, 5.41) is 0. The number of unbranched alkanes of at least 4 members (excludes halogenated alkanes) is 2. The number of amides is 1. The molecule has 4 rings (SSSR count). The second-order valence-electron chi connectivity index (χ2n) is 10.2. The van der Waals surface area contributed by atoms with Gasteiger partial charge >= 0.3 is 12.1 Å². The highest BCUT2D eigenvalue weighted by Gasteiger charge is 2.57. The molecule has 0 saturated carbocycles. The zero-order valence-corrected chi connectivity index (χ0v) is 25.0. The van der Waals surface area contributed by atoms with Gasteiger partial charge in [-0.1, -0.05) is 54.4 Å². The molecule has 0 N–H and O–H groups in total. The Hall–Kier alpha value is -3.03. The van der Waals surface area contributed by atoms with Crippen molar-refractivity contribution in [3.8, 4) is 0 Å². The van der Waals surface area contributed by atoms with Crippen LogP contribution in [0.15, 0.2) is 59.5 Å². The van der Waals surface area contributed by atoms with Gasteiger partial charge in [0.15, 0.2) is 12.4 Å². The van der Waals surface area contributed by atoms with Gasteiger partial charge in [0.25, 0.3) is 10.1 Å². The maximum absolute atomic E-state index is 13.1. The molecule has 2 heterocycles. The summed E-state index contributed by atoms with van der Waals surface area (Å²) in [5.41, 5.74) is 1.82. The van der Waals surface area contributed by atoms with Crippen LogP contribution >= 0.6 is 0 Å². The first-order valence-electron chi connectivity index (χ1n) is 14.2. The highest BCUT2D eigenvalue weighted by atomic mass is 32.2. The van der Waals surface area contributed by atoms with Crippen molar-refractivity contribution in [3.05, 3.63) is 65.7 Å². The Labute approximate surface area is 247 Å². The average molecular weight is 606 g/mol. The molecular weight excluding hydrogens is 566 g/mol. The van der Waals surface area contributed by atoms with Crippen LogP contribution in [0.3, 0.4) is 0 Å². The normalized spacial score (nSPS) is 23.8. The largest absolute Gasteiger partial charge is 0.466 e. The van der Waals surface area contributed by atoms with E-state index in [1.54, 1.807) is 24.0 Å². The van der Waals surface area contributed by atoms with Crippen LogP contribution in [0.2, 0.25) is 0 Å². The number of carbonyl (C=O) groups excluding carboxylic acids is 2. The van der Waals surface area contributed by atoms with Gasteiger partial charge in [-0.15, -0.1) is 0 Å². The molecule has 12 heteroatoms. The maximum Gasteiger partial charge on any atom is 0.411 e. The van der Waals surface area contributed by atoms with Crippen LogP contribution in [0, 0.1) is 6.92 Å². The molecule has 0 aromatic heterocycles. The molecule has 2 aromatic rings. The zero-order chi connectivity index (χ0) is 30.1. The summed E-state index contributed by atoms with van der Waals surface area (Å²) in [6.07, 6.45) is -1.70. The van der Waals surface area contributed by atoms with Crippen molar-refractivity contribution in [1.29, 1.82) is 0 Å². The molecule has 2 aromatic carbocycles. The third-order valence-corrected chi connectivity index (χ3v) is 8.51. The monoisotopic (exact) mass is 605 g/mol. The number of aryl methyl sites for hydroxylation is 1. The Morgan fingerprint density at radius 1 is 1.02 bits per heavy atom. The first-order valence-corrected chi connectivity index (χ1v) is 15.6. The molecular formula is C30H39NO10S. The van der Waals surface area contributed by atoms with Crippen LogP contribution < -0.4 is 0 Å². The summed E-state index contributed by atoms with van der Waals surface area (Å²) in [7, 11) is -2.64. The van der Waals surface area contributed by atoms with Gasteiger partial charge in [-0.05, 0) is 44.4 Å². The van der Waals surface area contributed by atoms with Crippen molar-refractivity contribution in [3.63, 3.8) is 0 Å². The van der Waals surface area contributed by atoms with Crippen molar-refractivity contribution in [2.24, 2.45) is 0 Å². The van der Waals surface area contributed by atoms with E-state index >= 15 is 0 Å². The fourth-order valence-corrected chi connectivity index (χ4v) is 5.99. The van der Waals surface area contributed by atoms with Gasteiger partial charge in [-0.3, -0.25) is 13.9 Å². The summed E-state index contributed by atoms with van der Waals surface area (Å²) in [5.74, 6) is -0.240. The van der Waals surface area contributed by atoms with E-state index in [1.165, 1.54) is 19.2 Å². The zero-order valence-electron chi connectivity index (χ0n) is 24.2. The summed E-state index contributed by atoms with van der Waals surface area (Å²) >= 11 is 0. The Balaban J connectivity index is 1.48. The quantitative estimate of drug-likeness (QED) is 0.167. The molecule has 0 radical (unpaired) electrons. The molecule has 0 aliphatic carbocycles. The van der Waals surface area contributed by atoms with Gasteiger partial charge in [-0.2, -0.15) is 8.42 Å². The second-order valence-corrected chi connectivity index (χ2v) is 11.8. The topological polar surface area (TPSA) is 127 Å². The number of fused-ring (bicyclic) bond motifs is 1. The van der Waals surface area contributed by atoms with E-state index < -0.39 is 46.9 Å². The average Bonchev–Trinajstić information content (AvgIpc) is 3.30. The van der Waals surface area contributed by atoms with Gasteiger partial charge in [0, 0.05) is 26.7 Å². The molecule has 5 atom stereocenters. The minimum Gasteiger partial charge on any atom is -0.466 e. The Bertz CT molecular complexity index is 1270. The summed E-state index contributed by atoms with van der Waals surface area (Å²) in [4.78, 5) is 26.3. The van der Waals surface area contributed by atoms with Crippen LogP contribution in [0.1, 0.15) is 43.7 Å².